The van der Waals surface area contributed by atoms with Gasteiger partial charge < -0.3 is 4.74 Å². The number of allylic oxidation sites excluding steroid dienone is 4. The predicted octanol–water partition coefficient (Wildman–Crippen LogP) is 4.34. The van der Waals surface area contributed by atoms with E-state index in [0.29, 0.717) is 12.8 Å². The molecule has 2 rings (SSSR count). The molecule has 0 N–H and O–H groups in total. The number of rotatable bonds is 4. The van der Waals surface area contributed by atoms with Crippen LogP contribution in [-0.4, -0.2) is 5.97 Å². The zero-order valence-electron chi connectivity index (χ0n) is 13.4. The molecule has 0 saturated heterocycles. The van der Waals surface area contributed by atoms with Crippen LogP contribution in [0.3, 0.4) is 0 Å². The number of benzene rings is 1. The Morgan fingerprint density at radius 1 is 1.24 bits per heavy atom. The van der Waals surface area contributed by atoms with E-state index < -0.39 is 17.6 Å². The second kappa shape index (κ2) is 8.75. The molecule has 0 unspecified atom stereocenters. The summed E-state index contributed by atoms with van der Waals surface area (Å²) < 4.78 is 31.4. The number of carbonyl (C=O) groups is 1. The molecule has 0 bridgehead atoms. The summed E-state index contributed by atoms with van der Waals surface area (Å²) in [6.45, 7) is 0. The van der Waals surface area contributed by atoms with Crippen LogP contribution in [0.5, 0.6) is 5.75 Å². The van der Waals surface area contributed by atoms with E-state index in [-0.39, 0.29) is 23.1 Å². The van der Waals surface area contributed by atoms with Crippen LogP contribution in [0.1, 0.15) is 31.2 Å². The highest BCUT2D eigenvalue weighted by Gasteiger charge is 2.26. The van der Waals surface area contributed by atoms with Gasteiger partial charge in [-0.15, -0.1) is 0 Å². The molecular weight excluding hydrogens is 326 g/mol. The Morgan fingerprint density at radius 2 is 1.96 bits per heavy atom. The zero-order valence-corrected chi connectivity index (χ0v) is 13.4. The van der Waals surface area contributed by atoms with E-state index in [1.807, 2.05) is 6.08 Å². The number of halogens is 2. The summed E-state index contributed by atoms with van der Waals surface area (Å²) in [5.41, 5.74) is -0.103. The number of ether oxygens (including phenoxy) is 1. The maximum absolute atomic E-state index is 13.5. The summed E-state index contributed by atoms with van der Waals surface area (Å²) in [6, 6.07) is 6.79. The van der Waals surface area contributed by atoms with Crippen molar-refractivity contribution >= 4 is 5.97 Å². The van der Waals surface area contributed by atoms with Gasteiger partial charge in [0, 0.05) is 6.07 Å². The number of carbonyl (C=O) groups excluding carboxylic acids is 1. The summed E-state index contributed by atoms with van der Waals surface area (Å²) >= 11 is 0. The Balaban J connectivity index is 1.86. The number of nitriles is 2. The van der Waals surface area contributed by atoms with Crippen molar-refractivity contribution in [1.29, 1.82) is 10.5 Å². The lowest BCUT2D eigenvalue weighted by molar-refractivity contribution is -0.140. The van der Waals surface area contributed by atoms with Gasteiger partial charge in [-0.25, -0.2) is 4.39 Å². The highest BCUT2D eigenvalue weighted by molar-refractivity contribution is 5.75. The number of esters is 1. The number of hydrogen-bond acceptors (Lipinski definition) is 4. The first kappa shape index (κ1) is 18.4. The first-order chi connectivity index (χ1) is 12.0. The normalized spacial score (nSPS) is 20.7. The van der Waals surface area contributed by atoms with E-state index in [9.17, 15) is 13.6 Å². The third kappa shape index (κ3) is 5.26. The van der Waals surface area contributed by atoms with E-state index in [1.54, 1.807) is 6.07 Å². The highest BCUT2D eigenvalue weighted by atomic mass is 19.1. The third-order valence-electron chi connectivity index (χ3n) is 4.12. The van der Waals surface area contributed by atoms with E-state index in [2.05, 4.69) is 0 Å². The Kier molecular flexibility index (Phi) is 6.42. The van der Waals surface area contributed by atoms with Crippen molar-refractivity contribution in [2.24, 2.45) is 11.8 Å². The van der Waals surface area contributed by atoms with Gasteiger partial charge in [-0.1, -0.05) is 12.2 Å². The Bertz CT molecular complexity index is 780. The van der Waals surface area contributed by atoms with Gasteiger partial charge >= 0.3 is 5.97 Å². The number of hydrogen-bond donors (Lipinski definition) is 0. The van der Waals surface area contributed by atoms with Gasteiger partial charge in [0.05, 0.1) is 11.5 Å². The van der Waals surface area contributed by atoms with Crippen molar-refractivity contribution in [2.75, 3.05) is 0 Å². The molecule has 0 atom stereocenters. The smallest absolute Gasteiger partial charge is 0.314 e. The van der Waals surface area contributed by atoms with Gasteiger partial charge in [0.2, 0.25) is 0 Å². The van der Waals surface area contributed by atoms with Crippen molar-refractivity contribution in [3.8, 4) is 17.9 Å². The van der Waals surface area contributed by atoms with Gasteiger partial charge in [-0.05, 0) is 49.8 Å². The van der Waals surface area contributed by atoms with Crippen LogP contribution in [0, 0.1) is 40.3 Å². The first-order valence-electron chi connectivity index (χ1n) is 7.89. The largest absolute Gasteiger partial charge is 0.426 e. The van der Waals surface area contributed by atoms with Crippen LogP contribution in [0.2, 0.25) is 0 Å². The van der Waals surface area contributed by atoms with Crippen LogP contribution in [0.15, 0.2) is 42.3 Å². The molecule has 1 aliphatic rings. The van der Waals surface area contributed by atoms with E-state index in [4.69, 9.17) is 15.3 Å². The van der Waals surface area contributed by atoms with Crippen molar-refractivity contribution in [3.63, 3.8) is 0 Å². The Morgan fingerprint density at radius 3 is 2.56 bits per heavy atom. The van der Waals surface area contributed by atoms with Crippen molar-refractivity contribution < 1.29 is 18.3 Å². The van der Waals surface area contributed by atoms with E-state index in [0.717, 1.165) is 25.0 Å². The van der Waals surface area contributed by atoms with Gasteiger partial charge in [-0.3, -0.25) is 4.79 Å². The molecule has 6 heteroatoms. The average Bonchev–Trinajstić information content (AvgIpc) is 2.62. The molecule has 0 heterocycles. The monoisotopic (exact) mass is 342 g/mol. The second-order valence-electron chi connectivity index (χ2n) is 5.80. The van der Waals surface area contributed by atoms with Crippen LogP contribution in [-0.2, 0) is 4.79 Å². The van der Waals surface area contributed by atoms with Crippen molar-refractivity contribution in [2.45, 2.75) is 25.7 Å². The summed E-state index contributed by atoms with van der Waals surface area (Å²) in [5.74, 6) is -1.95. The molecule has 1 aliphatic carbocycles. The molecule has 0 aliphatic heterocycles. The predicted molar refractivity (Wildman–Crippen MR) is 86.1 cm³/mol. The van der Waals surface area contributed by atoms with Crippen LogP contribution < -0.4 is 4.74 Å². The lowest BCUT2D eigenvalue weighted by Crippen LogP contribution is -2.25. The SMILES string of the molecule is N#CC(F)=CC=CC1CCC(C(=O)Oc2ccc(C#N)c(F)c2)CC1. The molecule has 4 nitrogen and oxygen atoms in total. The minimum atomic E-state index is -0.844. The summed E-state index contributed by atoms with van der Waals surface area (Å²) in [6.07, 6.45) is 7.20. The minimum Gasteiger partial charge on any atom is -0.426 e. The fraction of sp³-hybridized carbons (Fsp3) is 0.316. The lowest BCUT2D eigenvalue weighted by Gasteiger charge is -2.25. The quantitative estimate of drug-likeness (QED) is 0.353. The van der Waals surface area contributed by atoms with E-state index in [1.165, 1.54) is 24.3 Å². The topological polar surface area (TPSA) is 73.9 Å². The van der Waals surface area contributed by atoms with Gasteiger partial charge in [-0.2, -0.15) is 14.9 Å². The van der Waals surface area contributed by atoms with Crippen molar-refractivity contribution in [1.82, 2.24) is 0 Å². The molecule has 1 fully saturated rings. The third-order valence-corrected chi connectivity index (χ3v) is 4.12. The van der Waals surface area contributed by atoms with Gasteiger partial charge in [0.1, 0.15) is 23.7 Å². The molecule has 1 aromatic carbocycles. The molecule has 0 radical (unpaired) electrons. The standard InChI is InChI=1S/C19H16F2N2O2/c20-16(12-23)3-1-2-13-4-6-14(7-5-13)19(24)25-17-9-8-15(11-22)18(21)10-17/h1-3,8-10,13-14H,4-7H2. The molecule has 128 valence electrons. The van der Waals surface area contributed by atoms with Crippen LogP contribution >= 0.6 is 0 Å². The maximum Gasteiger partial charge on any atom is 0.314 e. The fourth-order valence-corrected chi connectivity index (χ4v) is 2.73. The van der Waals surface area contributed by atoms with Gasteiger partial charge in [0.25, 0.3) is 0 Å². The molecular formula is C19H16F2N2O2. The minimum absolute atomic E-state index is 0.0839. The Labute approximate surface area is 144 Å². The summed E-state index contributed by atoms with van der Waals surface area (Å²) in [4.78, 5) is 12.2. The molecule has 0 spiro atoms. The van der Waals surface area contributed by atoms with Crippen molar-refractivity contribution in [3.05, 3.63) is 53.6 Å². The fourth-order valence-electron chi connectivity index (χ4n) is 2.73. The molecule has 25 heavy (non-hydrogen) atoms. The number of nitrogens with zero attached hydrogens (tertiary/aromatic N) is 2. The molecule has 1 saturated carbocycles. The van der Waals surface area contributed by atoms with Crippen LogP contribution in [0.4, 0.5) is 8.78 Å². The average molecular weight is 342 g/mol. The Hall–Kier alpha value is -2.99. The lowest BCUT2D eigenvalue weighted by atomic mass is 9.82. The zero-order chi connectivity index (χ0) is 18.2. The summed E-state index contributed by atoms with van der Waals surface area (Å²) in [7, 11) is 0. The highest BCUT2D eigenvalue weighted by Crippen LogP contribution is 2.31. The molecule has 0 aromatic heterocycles. The maximum atomic E-state index is 13.5. The van der Waals surface area contributed by atoms with E-state index >= 15 is 0 Å². The summed E-state index contributed by atoms with van der Waals surface area (Å²) in [5, 5.41) is 17.0. The molecule has 0 amide bonds. The molecule has 1 aromatic rings. The second-order valence-corrected chi connectivity index (χ2v) is 5.80. The van der Waals surface area contributed by atoms with Crippen LogP contribution in [0.25, 0.3) is 0 Å². The first-order valence-corrected chi connectivity index (χ1v) is 7.89. The van der Waals surface area contributed by atoms with Gasteiger partial charge in [0.15, 0.2) is 5.83 Å².